The average molecular weight is 549 g/mol. The molecule has 0 N–H and O–H groups in total. The van der Waals surface area contributed by atoms with E-state index in [-0.39, 0.29) is 0 Å². The molecule has 0 saturated heterocycles. The van der Waals surface area contributed by atoms with E-state index in [0.717, 1.165) is 10.7 Å². The minimum atomic E-state index is -1.41. The molecule has 0 atom stereocenters. The van der Waals surface area contributed by atoms with Crippen LogP contribution in [0.15, 0.2) is 12.1 Å². The van der Waals surface area contributed by atoms with Crippen molar-refractivity contribution in [1.29, 1.82) is 0 Å². The summed E-state index contributed by atoms with van der Waals surface area (Å²) in [6.45, 7) is 14.8. The van der Waals surface area contributed by atoms with Gasteiger partial charge in [0.05, 0.1) is 16.1 Å². The Morgan fingerprint density at radius 3 is 1.64 bits per heavy atom. The van der Waals surface area contributed by atoms with Gasteiger partial charge in [0.15, 0.2) is 0 Å². The van der Waals surface area contributed by atoms with E-state index in [0.29, 0.717) is 0 Å². The van der Waals surface area contributed by atoms with Crippen LogP contribution >= 0.6 is 31.9 Å². The van der Waals surface area contributed by atoms with Gasteiger partial charge in [-0.25, -0.2) is 0 Å². The van der Waals surface area contributed by atoms with Crippen LogP contribution in [-0.2, 0) is 10.7 Å². The minimum absolute atomic E-state index is 1.01. The first-order valence-electron chi connectivity index (χ1n) is 11.6. The van der Waals surface area contributed by atoms with Gasteiger partial charge in [-0.2, -0.15) is 0 Å². The van der Waals surface area contributed by atoms with Crippen molar-refractivity contribution in [3.63, 3.8) is 0 Å². The molecule has 0 aliphatic heterocycles. The van der Waals surface area contributed by atoms with Gasteiger partial charge >= 0.3 is 0 Å². The maximum atomic E-state index is 3.85. The highest BCUT2D eigenvalue weighted by molar-refractivity contribution is 9.08. The molecule has 0 aromatic heterocycles. The van der Waals surface area contributed by atoms with E-state index in [4.69, 9.17) is 0 Å². The third-order valence-corrected chi connectivity index (χ3v) is 17.5. The maximum Gasteiger partial charge on any atom is 0.0863 e. The zero-order valence-electron chi connectivity index (χ0n) is 19.4. The first kappa shape index (κ1) is 26.6. The molecule has 1 rings (SSSR count). The van der Waals surface area contributed by atoms with Gasteiger partial charge in [-0.15, -0.1) is 0 Å². The summed E-state index contributed by atoms with van der Waals surface area (Å²) in [5.41, 5.74) is 3.19. The van der Waals surface area contributed by atoms with Crippen molar-refractivity contribution in [3.8, 4) is 0 Å². The van der Waals surface area contributed by atoms with Gasteiger partial charge in [0.1, 0.15) is 0 Å². The Labute approximate surface area is 194 Å². The molecular weight excluding hydrogens is 504 g/mol. The lowest BCUT2D eigenvalue weighted by atomic mass is 10.1. The van der Waals surface area contributed by atoms with Crippen molar-refractivity contribution in [2.24, 2.45) is 0 Å². The van der Waals surface area contributed by atoms with Crippen LogP contribution < -0.4 is 10.4 Å². The molecule has 1 aromatic carbocycles. The molecule has 0 aliphatic carbocycles. The molecule has 0 radical (unpaired) electrons. The number of benzene rings is 1. The average Bonchev–Trinajstić information content (AvgIpc) is 2.71. The van der Waals surface area contributed by atoms with Gasteiger partial charge in [-0.1, -0.05) is 158 Å². The molecule has 0 saturated carbocycles. The number of hydrogen-bond acceptors (Lipinski definition) is 0. The van der Waals surface area contributed by atoms with Crippen LogP contribution in [0, 0.1) is 0 Å². The highest BCUT2D eigenvalue weighted by Gasteiger charge is 2.34. The first-order valence-corrected chi connectivity index (χ1v) is 19.7. The molecule has 1 aromatic rings. The Hall–Kier alpha value is 0.614. The summed E-state index contributed by atoms with van der Waals surface area (Å²) >= 11 is 7.70. The van der Waals surface area contributed by atoms with Crippen LogP contribution in [0.2, 0.25) is 37.3 Å². The normalized spacial score (nSPS) is 12.6. The number of halogens is 2. The summed E-state index contributed by atoms with van der Waals surface area (Å²) in [5.74, 6) is 0. The van der Waals surface area contributed by atoms with Crippen molar-refractivity contribution in [1.82, 2.24) is 0 Å². The second-order valence-electron chi connectivity index (χ2n) is 9.18. The molecule has 0 fully saturated rings. The van der Waals surface area contributed by atoms with Crippen molar-refractivity contribution in [3.05, 3.63) is 23.3 Å². The molecule has 0 bridgehead atoms. The molecule has 0 spiro atoms. The lowest BCUT2D eigenvalue weighted by molar-refractivity contribution is 0.623. The van der Waals surface area contributed by atoms with Crippen molar-refractivity contribution < 1.29 is 0 Å². The highest BCUT2D eigenvalue weighted by Crippen LogP contribution is 2.26. The summed E-state index contributed by atoms with van der Waals surface area (Å²) in [5, 5.41) is 5.46. The third-order valence-electron chi connectivity index (χ3n) is 7.10. The summed E-state index contributed by atoms with van der Waals surface area (Å²) in [6, 6.07) is 10.8. The van der Waals surface area contributed by atoms with Crippen LogP contribution in [0.25, 0.3) is 0 Å². The zero-order valence-corrected chi connectivity index (χ0v) is 24.6. The van der Waals surface area contributed by atoms with Gasteiger partial charge in [-0.3, -0.25) is 0 Å². The van der Waals surface area contributed by atoms with Crippen molar-refractivity contribution in [2.75, 3.05) is 0 Å². The molecule has 4 heteroatoms. The van der Waals surface area contributed by atoms with Crippen LogP contribution in [-0.4, -0.2) is 16.1 Å². The summed E-state index contributed by atoms with van der Waals surface area (Å²) in [6.07, 6.45) is 8.42. The van der Waals surface area contributed by atoms with E-state index in [1.54, 1.807) is 21.5 Å². The van der Waals surface area contributed by atoms with Crippen molar-refractivity contribution in [2.45, 2.75) is 114 Å². The van der Waals surface area contributed by atoms with Gasteiger partial charge in [0, 0.05) is 10.7 Å². The first-order chi connectivity index (χ1) is 13.4. The Kier molecular flexibility index (Phi) is 12.5. The second kappa shape index (κ2) is 13.1. The van der Waals surface area contributed by atoms with E-state index < -0.39 is 16.1 Å². The Morgan fingerprint density at radius 1 is 0.679 bits per heavy atom. The van der Waals surface area contributed by atoms with Crippen molar-refractivity contribution >= 4 is 58.4 Å². The van der Waals surface area contributed by atoms with E-state index in [9.17, 15) is 0 Å². The van der Waals surface area contributed by atoms with E-state index in [1.807, 2.05) is 0 Å². The zero-order chi connectivity index (χ0) is 21.2. The maximum absolute atomic E-state index is 3.85. The fourth-order valence-corrected chi connectivity index (χ4v) is 13.2. The van der Waals surface area contributed by atoms with Crippen LogP contribution in [0.1, 0.15) is 77.3 Å². The Bertz CT molecular complexity index is 572. The fraction of sp³-hybridized carbons (Fsp3) is 0.750. The summed E-state index contributed by atoms with van der Waals surface area (Å²) in [7, 11) is -2.78. The second-order valence-corrected chi connectivity index (χ2v) is 20.3. The van der Waals surface area contributed by atoms with Crippen LogP contribution in [0.5, 0.6) is 0 Å². The fourth-order valence-electron chi connectivity index (χ4n) is 4.84. The lowest BCUT2D eigenvalue weighted by Gasteiger charge is -2.34. The summed E-state index contributed by atoms with van der Waals surface area (Å²) < 4.78 is 0. The van der Waals surface area contributed by atoms with E-state index in [2.05, 4.69) is 84.8 Å². The smallest absolute Gasteiger partial charge is 0.0863 e. The third kappa shape index (κ3) is 6.82. The van der Waals surface area contributed by atoms with Gasteiger partial charge in [0.2, 0.25) is 0 Å². The quantitative estimate of drug-likeness (QED) is 0.124. The number of rotatable bonds is 14. The predicted molar refractivity (Wildman–Crippen MR) is 144 cm³/mol. The molecule has 0 heterocycles. The molecular formula is C24H44Br2Si2. The topological polar surface area (TPSA) is 0 Å². The van der Waals surface area contributed by atoms with Gasteiger partial charge in [-0.05, 0) is 11.1 Å². The minimum Gasteiger partial charge on any atom is -0.0876 e. The van der Waals surface area contributed by atoms with Crippen LogP contribution in [0.4, 0.5) is 0 Å². The molecule has 0 aliphatic rings. The largest absolute Gasteiger partial charge is 0.0876 e. The van der Waals surface area contributed by atoms with Gasteiger partial charge in [0.25, 0.3) is 0 Å². The standard InChI is InChI=1S/C24H44Br2Si2/c1-7-11-12-13-14-15-16-27(5,6)23-17-22(20-26)24(18-21(23)19-25)28(8-2,9-3)10-4/h17-18H,7-16,19-20H2,1-6H3. The number of hydrogen-bond donors (Lipinski definition) is 0. The van der Waals surface area contributed by atoms with E-state index in [1.165, 1.54) is 62.7 Å². The predicted octanol–water partition coefficient (Wildman–Crippen LogP) is 8.47. The Morgan fingerprint density at radius 2 is 1.14 bits per heavy atom. The Balaban J connectivity index is 3.15. The molecule has 0 amide bonds. The summed E-state index contributed by atoms with van der Waals surface area (Å²) in [4.78, 5) is 0. The molecule has 0 nitrogen and oxygen atoms in total. The highest BCUT2D eigenvalue weighted by atomic mass is 79.9. The van der Waals surface area contributed by atoms with Gasteiger partial charge < -0.3 is 0 Å². The lowest BCUT2D eigenvalue weighted by Crippen LogP contribution is -2.51. The molecule has 162 valence electrons. The number of alkyl halides is 2. The monoisotopic (exact) mass is 546 g/mol. The molecule has 0 unspecified atom stereocenters. The number of unbranched alkanes of at least 4 members (excludes halogenated alkanes) is 5. The van der Waals surface area contributed by atoms with E-state index >= 15 is 0 Å². The van der Waals surface area contributed by atoms with Crippen LogP contribution in [0.3, 0.4) is 0 Å². The molecule has 28 heavy (non-hydrogen) atoms. The SMILES string of the molecule is CCCCCCCC[Si](C)(C)c1cc(CBr)c([Si](CC)(CC)CC)cc1CBr.